The summed E-state index contributed by atoms with van der Waals surface area (Å²) in [7, 11) is 0. The Balaban J connectivity index is 1.60. The molecule has 1 aliphatic rings. The van der Waals surface area contributed by atoms with Gasteiger partial charge in [0.05, 0.1) is 11.7 Å². The van der Waals surface area contributed by atoms with Gasteiger partial charge in [0.1, 0.15) is 5.82 Å². The molecule has 2 N–H and O–H groups in total. The molecule has 0 bridgehead atoms. The molecule has 31 heavy (non-hydrogen) atoms. The normalized spacial score (nSPS) is 16.3. The van der Waals surface area contributed by atoms with Crippen molar-refractivity contribution >= 4 is 23.5 Å². The third-order valence-corrected chi connectivity index (χ3v) is 5.89. The number of hydrogen-bond donors (Lipinski definition) is 1. The molecule has 160 valence electrons. The summed E-state index contributed by atoms with van der Waals surface area (Å²) in [4.78, 5) is 23.8. The van der Waals surface area contributed by atoms with Crippen molar-refractivity contribution in [3.63, 3.8) is 0 Å². The summed E-state index contributed by atoms with van der Waals surface area (Å²) in [5.74, 6) is -0.0330. The van der Waals surface area contributed by atoms with Crippen LogP contribution in [0.25, 0.3) is 11.1 Å². The Morgan fingerprint density at radius 1 is 1.19 bits per heavy atom. The van der Waals surface area contributed by atoms with Crippen molar-refractivity contribution in [1.29, 1.82) is 0 Å². The van der Waals surface area contributed by atoms with E-state index in [1.165, 1.54) is 12.1 Å². The molecule has 1 aliphatic heterocycles. The quantitative estimate of drug-likeness (QED) is 0.593. The van der Waals surface area contributed by atoms with E-state index < -0.39 is 0 Å². The highest BCUT2D eigenvalue weighted by Gasteiger charge is 2.31. The first kappa shape index (κ1) is 21.2. The van der Waals surface area contributed by atoms with Gasteiger partial charge < -0.3 is 10.6 Å². The van der Waals surface area contributed by atoms with Crippen LogP contribution in [0.2, 0.25) is 5.02 Å². The molecule has 3 aromatic rings. The number of nitrogens with zero attached hydrogens (tertiary/aromatic N) is 3. The highest BCUT2D eigenvalue weighted by Crippen LogP contribution is 2.36. The van der Waals surface area contributed by atoms with E-state index >= 15 is 0 Å². The Bertz CT molecular complexity index is 1070. The van der Waals surface area contributed by atoms with Crippen LogP contribution in [0.5, 0.6) is 0 Å². The van der Waals surface area contributed by atoms with Gasteiger partial charge in [0, 0.05) is 29.7 Å². The number of hydrogen-bond acceptors (Lipinski definition) is 4. The van der Waals surface area contributed by atoms with Gasteiger partial charge in [-0.25, -0.2) is 14.4 Å². The van der Waals surface area contributed by atoms with Crippen molar-refractivity contribution in [3.8, 4) is 11.1 Å². The van der Waals surface area contributed by atoms with Crippen molar-refractivity contribution in [2.45, 2.75) is 38.1 Å². The molecule has 0 aliphatic carbocycles. The number of carbonyl (C=O) groups excluding carboxylic acids is 1. The molecule has 2 heterocycles. The van der Waals surface area contributed by atoms with Crippen LogP contribution in [0.4, 0.5) is 10.3 Å². The minimum absolute atomic E-state index is 0.0586. The van der Waals surface area contributed by atoms with E-state index in [4.69, 9.17) is 17.3 Å². The van der Waals surface area contributed by atoms with E-state index in [0.717, 1.165) is 41.6 Å². The molecular weight excluding hydrogens is 415 g/mol. The molecule has 0 spiro atoms. The number of benzene rings is 2. The second-order valence-corrected chi connectivity index (χ2v) is 8.20. The summed E-state index contributed by atoms with van der Waals surface area (Å²) >= 11 is 6.20. The molecule has 1 atom stereocenters. The zero-order valence-electron chi connectivity index (χ0n) is 17.1. The Morgan fingerprint density at radius 2 is 2.00 bits per heavy atom. The monoisotopic (exact) mass is 438 g/mol. The largest absolute Gasteiger partial charge is 0.368 e. The fourth-order valence-electron chi connectivity index (χ4n) is 4.10. The van der Waals surface area contributed by atoms with E-state index in [1.807, 2.05) is 29.2 Å². The predicted molar refractivity (Wildman–Crippen MR) is 120 cm³/mol. The molecule has 4 rings (SSSR count). The fraction of sp³-hybridized carbons (Fsp3) is 0.292. The van der Waals surface area contributed by atoms with Crippen molar-refractivity contribution < 1.29 is 9.18 Å². The average molecular weight is 439 g/mol. The number of halogens is 2. The minimum atomic E-state index is -0.277. The third-order valence-electron chi connectivity index (χ3n) is 5.65. The fourth-order valence-corrected chi connectivity index (χ4v) is 4.29. The molecule has 2 aromatic carbocycles. The summed E-state index contributed by atoms with van der Waals surface area (Å²) in [5, 5.41) is 0.621. The summed E-state index contributed by atoms with van der Waals surface area (Å²) in [6.07, 6.45) is 5.40. The smallest absolute Gasteiger partial charge is 0.223 e. The van der Waals surface area contributed by atoms with Gasteiger partial charge in [-0.15, -0.1) is 0 Å². The van der Waals surface area contributed by atoms with Gasteiger partial charge in [-0.1, -0.05) is 35.9 Å². The van der Waals surface area contributed by atoms with E-state index in [2.05, 4.69) is 9.97 Å². The lowest BCUT2D eigenvalue weighted by Crippen LogP contribution is -2.39. The Hall–Kier alpha value is -2.99. The van der Waals surface area contributed by atoms with E-state index in [0.29, 0.717) is 24.4 Å². The van der Waals surface area contributed by atoms with E-state index in [-0.39, 0.29) is 23.7 Å². The maximum Gasteiger partial charge on any atom is 0.223 e. The van der Waals surface area contributed by atoms with Crippen molar-refractivity contribution in [2.75, 3.05) is 12.3 Å². The molecule has 7 heteroatoms. The Morgan fingerprint density at radius 3 is 2.77 bits per heavy atom. The van der Waals surface area contributed by atoms with Gasteiger partial charge >= 0.3 is 0 Å². The number of rotatable bonds is 5. The van der Waals surface area contributed by atoms with Gasteiger partial charge in [0.15, 0.2) is 0 Å². The average Bonchev–Trinajstić information content (AvgIpc) is 2.78. The van der Waals surface area contributed by atoms with Crippen LogP contribution in [0.1, 0.15) is 43.0 Å². The zero-order chi connectivity index (χ0) is 21.8. The standard InChI is InChI=1S/C24H24ClFN4O/c25-18-5-3-4-17(14-18)20-15-28-24(27)29-23(20)21-6-1-2-13-30(21)22(31)12-9-16-7-10-19(26)11-8-16/h3-5,7-8,10-11,14-15,21H,1-2,6,9,12-13H2,(H2,27,28,29)/t21-/m0/s1. The number of anilines is 1. The van der Waals surface area contributed by atoms with Gasteiger partial charge in [-0.2, -0.15) is 0 Å². The van der Waals surface area contributed by atoms with Gasteiger partial charge in [0.25, 0.3) is 0 Å². The van der Waals surface area contributed by atoms with Crippen LogP contribution >= 0.6 is 11.6 Å². The van der Waals surface area contributed by atoms with Crippen LogP contribution in [0.15, 0.2) is 54.7 Å². The number of nitrogen functional groups attached to an aromatic ring is 1. The number of amides is 1. The third kappa shape index (κ3) is 5.02. The summed E-state index contributed by atoms with van der Waals surface area (Å²) in [5.41, 5.74) is 9.35. The molecule has 0 unspecified atom stereocenters. The Kier molecular flexibility index (Phi) is 6.47. The lowest BCUT2D eigenvalue weighted by Gasteiger charge is -2.36. The van der Waals surface area contributed by atoms with E-state index in [1.54, 1.807) is 18.3 Å². The number of piperidine rings is 1. The molecule has 1 fully saturated rings. The lowest BCUT2D eigenvalue weighted by atomic mass is 9.93. The number of carbonyl (C=O) groups is 1. The zero-order valence-corrected chi connectivity index (χ0v) is 17.9. The second kappa shape index (κ2) is 9.43. The number of aromatic nitrogens is 2. The van der Waals surface area contributed by atoms with Crippen LogP contribution in [-0.4, -0.2) is 27.3 Å². The van der Waals surface area contributed by atoms with Crippen molar-refractivity contribution in [2.24, 2.45) is 0 Å². The maximum atomic E-state index is 13.2. The molecule has 0 radical (unpaired) electrons. The SMILES string of the molecule is Nc1ncc(-c2cccc(Cl)c2)c([C@@H]2CCCCN2C(=O)CCc2ccc(F)cc2)n1. The Labute approximate surface area is 186 Å². The molecular formula is C24H24ClFN4O. The predicted octanol–water partition coefficient (Wildman–Crippen LogP) is 5.20. The molecule has 1 saturated heterocycles. The highest BCUT2D eigenvalue weighted by molar-refractivity contribution is 6.30. The lowest BCUT2D eigenvalue weighted by molar-refractivity contribution is -0.135. The van der Waals surface area contributed by atoms with Crippen LogP contribution in [0.3, 0.4) is 0 Å². The summed E-state index contributed by atoms with van der Waals surface area (Å²) < 4.78 is 13.1. The number of aryl methyl sites for hydroxylation is 1. The first-order valence-corrected chi connectivity index (χ1v) is 10.8. The minimum Gasteiger partial charge on any atom is -0.368 e. The summed E-state index contributed by atoms with van der Waals surface area (Å²) in [6, 6.07) is 13.6. The van der Waals surface area contributed by atoms with Crippen LogP contribution in [0, 0.1) is 5.82 Å². The van der Waals surface area contributed by atoms with Crippen molar-refractivity contribution in [3.05, 3.63) is 76.8 Å². The van der Waals surface area contributed by atoms with Gasteiger partial charge in [-0.05, 0) is 61.1 Å². The molecule has 1 amide bonds. The topological polar surface area (TPSA) is 72.1 Å². The molecule has 1 aromatic heterocycles. The van der Waals surface area contributed by atoms with E-state index in [9.17, 15) is 9.18 Å². The second-order valence-electron chi connectivity index (χ2n) is 7.76. The van der Waals surface area contributed by atoms with Crippen LogP contribution < -0.4 is 5.73 Å². The number of nitrogens with two attached hydrogens (primary N) is 1. The maximum absolute atomic E-state index is 13.2. The molecule has 0 saturated carbocycles. The first-order chi connectivity index (χ1) is 15.0. The summed E-state index contributed by atoms with van der Waals surface area (Å²) in [6.45, 7) is 0.672. The highest BCUT2D eigenvalue weighted by atomic mass is 35.5. The number of likely N-dealkylation sites (tertiary alicyclic amines) is 1. The molecule has 5 nitrogen and oxygen atoms in total. The van der Waals surface area contributed by atoms with Crippen LogP contribution in [-0.2, 0) is 11.2 Å². The van der Waals surface area contributed by atoms with Crippen molar-refractivity contribution in [1.82, 2.24) is 14.9 Å². The first-order valence-electron chi connectivity index (χ1n) is 10.4. The van der Waals surface area contributed by atoms with Gasteiger partial charge in [0.2, 0.25) is 11.9 Å². The van der Waals surface area contributed by atoms with Gasteiger partial charge in [-0.3, -0.25) is 4.79 Å².